The lowest BCUT2D eigenvalue weighted by atomic mass is 10.1. The summed E-state index contributed by atoms with van der Waals surface area (Å²) in [7, 11) is -3.36. The molecule has 1 unspecified atom stereocenters. The molecule has 0 spiro atoms. The van der Waals surface area contributed by atoms with Gasteiger partial charge < -0.3 is 5.32 Å². The molecule has 1 heterocycles. The van der Waals surface area contributed by atoms with Gasteiger partial charge >= 0.3 is 0 Å². The van der Waals surface area contributed by atoms with Crippen LogP contribution in [0.4, 0.5) is 0 Å². The summed E-state index contributed by atoms with van der Waals surface area (Å²) in [5.41, 5.74) is 2.13. The van der Waals surface area contributed by atoms with Gasteiger partial charge in [-0.15, -0.1) is 0 Å². The molecule has 3 aromatic rings. The Kier molecular flexibility index (Phi) is 5.83. The van der Waals surface area contributed by atoms with E-state index in [0.717, 1.165) is 16.5 Å². The summed E-state index contributed by atoms with van der Waals surface area (Å²) in [5, 5.41) is 3.79. The largest absolute Gasteiger partial charge is 0.344 e. The maximum Gasteiger partial charge on any atom is 0.251 e. The molecule has 2 N–H and O–H groups in total. The SMILES string of the molecule is CCS(=O)(=O)NCC(NC(=O)c1ccc2ncccc2c1)c1ccccc1. The Balaban J connectivity index is 1.82. The third-order valence-corrected chi connectivity index (χ3v) is 5.63. The van der Waals surface area contributed by atoms with E-state index in [1.54, 1.807) is 31.3 Å². The van der Waals surface area contributed by atoms with E-state index in [-0.39, 0.29) is 18.2 Å². The Bertz CT molecular complexity index is 1040. The fourth-order valence-electron chi connectivity index (χ4n) is 2.71. The normalized spacial score (nSPS) is 12.6. The van der Waals surface area contributed by atoms with Crippen LogP contribution in [0.5, 0.6) is 0 Å². The second-order valence-electron chi connectivity index (χ2n) is 6.10. The van der Waals surface area contributed by atoms with Gasteiger partial charge in [0, 0.05) is 23.7 Å². The molecule has 1 amide bonds. The summed E-state index contributed by atoms with van der Waals surface area (Å²) in [4.78, 5) is 17.0. The zero-order valence-corrected chi connectivity index (χ0v) is 15.7. The van der Waals surface area contributed by atoms with E-state index in [9.17, 15) is 13.2 Å². The standard InChI is InChI=1S/C20H21N3O3S/c1-2-27(25,26)22-14-19(15-7-4-3-5-8-15)23-20(24)17-10-11-18-16(13-17)9-6-12-21-18/h3-13,19,22H,2,14H2,1H3,(H,23,24). The van der Waals surface area contributed by atoms with Crippen molar-refractivity contribution in [2.24, 2.45) is 0 Å². The lowest BCUT2D eigenvalue weighted by molar-refractivity contribution is 0.0937. The van der Waals surface area contributed by atoms with Crippen LogP contribution in [-0.2, 0) is 10.0 Å². The molecule has 0 aliphatic rings. The minimum Gasteiger partial charge on any atom is -0.344 e. The van der Waals surface area contributed by atoms with Crippen LogP contribution < -0.4 is 10.0 Å². The van der Waals surface area contributed by atoms with Gasteiger partial charge in [-0.1, -0.05) is 36.4 Å². The van der Waals surface area contributed by atoms with Gasteiger partial charge in [-0.3, -0.25) is 9.78 Å². The van der Waals surface area contributed by atoms with E-state index in [2.05, 4.69) is 15.0 Å². The Labute approximate surface area is 158 Å². The van der Waals surface area contributed by atoms with Crippen molar-refractivity contribution in [1.29, 1.82) is 0 Å². The van der Waals surface area contributed by atoms with Gasteiger partial charge in [0.15, 0.2) is 0 Å². The van der Waals surface area contributed by atoms with Crippen LogP contribution >= 0.6 is 0 Å². The lowest BCUT2D eigenvalue weighted by Crippen LogP contribution is -2.38. The molecule has 0 aliphatic heterocycles. The lowest BCUT2D eigenvalue weighted by Gasteiger charge is -2.20. The van der Waals surface area contributed by atoms with Gasteiger partial charge in [0.25, 0.3) is 5.91 Å². The number of sulfonamides is 1. The summed E-state index contributed by atoms with van der Waals surface area (Å²) in [5.74, 6) is -0.287. The van der Waals surface area contributed by atoms with Crippen LogP contribution in [0.2, 0.25) is 0 Å². The summed E-state index contributed by atoms with van der Waals surface area (Å²) in [6.45, 7) is 1.66. The number of fused-ring (bicyclic) bond motifs is 1. The molecule has 3 rings (SSSR count). The highest BCUT2D eigenvalue weighted by molar-refractivity contribution is 7.89. The fourth-order valence-corrected chi connectivity index (χ4v) is 3.33. The average Bonchev–Trinajstić information content (AvgIpc) is 2.71. The number of hydrogen-bond donors (Lipinski definition) is 2. The number of amides is 1. The first-order chi connectivity index (χ1) is 13.0. The molecule has 140 valence electrons. The molecular weight excluding hydrogens is 362 g/mol. The predicted octanol–water partition coefficient (Wildman–Crippen LogP) is 2.65. The number of rotatable bonds is 7. The number of nitrogens with one attached hydrogen (secondary N) is 2. The summed E-state index contributed by atoms with van der Waals surface area (Å²) >= 11 is 0. The Morgan fingerprint density at radius 2 is 1.85 bits per heavy atom. The quantitative estimate of drug-likeness (QED) is 0.656. The molecule has 0 aliphatic carbocycles. The Hall–Kier alpha value is -2.77. The third kappa shape index (κ3) is 4.90. The molecule has 2 aromatic carbocycles. The summed E-state index contributed by atoms with van der Waals surface area (Å²) < 4.78 is 26.2. The van der Waals surface area contributed by atoms with E-state index in [1.165, 1.54) is 0 Å². The second-order valence-corrected chi connectivity index (χ2v) is 8.20. The highest BCUT2D eigenvalue weighted by Crippen LogP contribution is 2.16. The van der Waals surface area contributed by atoms with Gasteiger partial charge in [0.05, 0.1) is 17.3 Å². The van der Waals surface area contributed by atoms with Crippen molar-refractivity contribution in [3.63, 3.8) is 0 Å². The summed E-state index contributed by atoms with van der Waals surface area (Å²) in [6.07, 6.45) is 1.70. The first-order valence-electron chi connectivity index (χ1n) is 8.66. The van der Waals surface area contributed by atoms with Crippen LogP contribution in [0.25, 0.3) is 10.9 Å². The topological polar surface area (TPSA) is 88.2 Å². The molecule has 6 nitrogen and oxygen atoms in total. The molecule has 0 radical (unpaired) electrons. The van der Waals surface area contributed by atoms with E-state index in [1.807, 2.05) is 42.5 Å². The van der Waals surface area contributed by atoms with E-state index in [0.29, 0.717) is 5.56 Å². The minimum absolute atomic E-state index is 0.0138. The number of hydrogen-bond acceptors (Lipinski definition) is 4. The number of aromatic nitrogens is 1. The smallest absolute Gasteiger partial charge is 0.251 e. The van der Waals surface area contributed by atoms with Crippen LogP contribution in [0.15, 0.2) is 66.9 Å². The monoisotopic (exact) mass is 383 g/mol. The molecule has 0 saturated carbocycles. The van der Waals surface area contributed by atoms with Crippen LogP contribution in [-0.4, -0.2) is 31.6 Å². The first kappa shape index (κ1) is 19.0. The molecule has 1 aromatic heterocycles. The zero-order valence-electron chi connectivity index (χ0n) is 14.9. The second kappa shape index (κ2) is 8.28. The maximum atomic E-state index is 12.8. The molecule has 7 heteroatoms. The number of carbonyl (C=O) groups excluding carboxylic acids is 1. The van der Waals surface area contributed by atoms with Gasteiger partial charge in [-0.25, -0.2) is 13.1 Å². The molecule has 0 saturated heterocycles. The van der Waals surface area contributed by atoms with Crippen molar-refractivity contribution >= 4 is 26.8 Å². The van der Waals surface area contributed by atoms with Crippen molar-refractivity contribution < 1.29 is 13.2 Å². The number of nitrogens with zero attached hydrogens (tertiary/aromatic N) is 1. The van der Waals surface area contributed by atoms with Crippen molar-refractivity contribution in [1.82, 2.24) is 15.0 Å². The molecule has 0 bridgehead atoms. The maximum absolute atomic E-state index is 12.8. The highest BCUT2D eigenvalue weighted by atomic mass is 32.2. The van der Waals surface area contributed by atoms with Crippen LogP contribution in [0.3, 0.4) is 0 Å². The summed E-state index contributed by atoms with van der Waals surface area (Å²) in [6, 6.07) is 17.8. The zero-order chi connectivity index (χ0) is 19.3. The Morgan fingerprint density at radius 3 is 2.59 bits per heavy atom. The van der Waals surface area contributed by atoms with E-state index in [4.69, 9.17) is 0 Å². The minimum atomic E-state index is -3.36. The Morgan fingerprint density at radius 1 is 1.07 bits per heavy atom. The fraction of sp³-hybridized carbons (Fsp3) is 0.200. The van der Waals surface area contributed by atoms with E-state index < -0.39 is 16.1 Å². The van der Waals surface area contributed by atoms with Gasteiger partial charge in [0.2, 0.25) is 10.0 Å². The van der Waals surface area contributed by atoms with Crippen molar-refractivity contribution in [3.05, 3.63) is 78.0 Å². The number of carbonyl (C=O) groups is 1. The van der Waals surface area contributed by atoms with Gasteiger partial charge in [-0.05, 0) is 36.8 Å². The van der Waals surface area contributed by atoms with E-state index >= 15 is 0 Å². The van der Waals surface area contributed by atoms with Crippen LogP contribution in [0, 0.1) is 0 Å². The number of pyridine rings is 1. The van der Waals surface area contributed by atoms with Crippen molar-refractivity contribution in [2.45, 2.75) is 13.0 Å². The molecule has 27 heavy (non-hydrogen) atoms. The van der Waals surface area contributed by atoms with Crippen molar-refractivity contribution in [3.8, 4) is 0 Å². The first-order valence-corrected chi connectivity index (χ1v) is 10.3. The molecule has 0 fully saturated rings. The predicted molar refractivity (Wildman–Crippen MR) is 106 cm³/mol. The highest BCUT2D eigenvalue weighted by Gasteiger charge is 2.18. The number of benzene rings is 2. The van der Waals surface area contributed by atoms with Gasteiger partial charge in [-0.2, -0.15) is 0 Å². The average molecular weight is 383 g/mol. The van der Waals surface area contributed by atoms with Crippen LogP contribution in [0.1, 0.15) is 28.9 Å². The third-order valence-electron chi connectivity index (χ3n) is 4.26. The van der Waals surface area contributed by atoms with Crippen molar-refractivity contribution in [2.75, 3.05) is 12.3 Å². The molecule has 1 atom stereocenters. The molecular formula is C20H21N3O3S. The van der Waals surface area contributed by atoms with Gasteiger partial charge in [0.1, 0.15) is 0 Å².